The Morgan fingerprint density at radius 3 is 2.82 bits per heavy atom. The molecule has 0 unspecified atom stereocenters. The summed E-state index contributed by atoms with van der Waals surface area (Å²) in [7, 11) is 1.55. The van der Waals surface area contributed by atoms with E-state index in [1.807, 2.05) is 0 Å². The normalized spacial score (nSPS) is 10.8. The molecule has 5 nitrogen and oxygen atoms in total. The molecule has 2 rings (SSSR count). The lowest BCUT2D eigenvalue weighted by Crippen LogP contribution is -2.08. The predicted octanol–water partition coefficient (Wildman–Crippen LogP) is 1.01. The van der Waals surface area contributed by atoms with E-state index in [0.717, 1.165) is 0 Å². The van der Waals surface area contributed by atoms with Crippen molar-refractivity contribution in [2.24, 2.45) is 5.73 Å². The van der Waals surface area contributed by atoms with Crippen molar-refractivity contribution in [2.45, 2.75) is 13.2 Å². The van der Waals surface area contributed by atoms with Crippen molar-refractivity contribution in [3.05, 3.63) is 41.5 Å². The fourth-order valence-electron chi connectivity index (χ4n) is 1.59. The second-order valence-electron chi connectivity index (χ2n) is 3.48. The van der Waals surface area contributed by atoms with E-state index in [9.17, 15) is 4.39 Å². The van der Waals surface area contributed by atoms with Gasteiger partial charge in [-0.15, -0.1) is 5.10 Å². The highest BCUT2D eigenvalue weighted by atomic mass is 19.1. The van der Waals surface area contributed by atoms with Crippen LogP contribution in [0.25, 0.3) is 5.69 Å². The fourth-order valence-corrected chi connectivity index (χ4v) is 1.59. The van der Waals surface area contributed by atoms with Crippen LogP contribution < -0.4 is 5.73 Å². The van der Waals surface area contributed by atoms with E-state index in [1.54, 1.807) is 25.3 Å². The van der Waals surface area contributed by atoms with E-state index in [-0.39, 0.29) is 19.0 Å². The second kappa shape index (κ2) is 5.03. The minimum absolute atomic E-state index is 0.243. The molecule has 0 aliphatic carbocycles. The van der Waals surface area contributed by atoms with Gasteiger partial charge in [0.05, 0.1) is 12.3 Å². The zero-order chi connectivity index (χ0) is 12.3. The Hall–Kier alpha value is -1.79. The molecule has 6 heteroatoms. The first-order valence-corrected chi connectivity index (χ1v) is 5.15. The van der Waals surface area contributed by atoms with Gasteiger partial charge in [-0.3, -0.25) is 0 Å². The summed E-state index contributed by atoms with van der Waals surface area (Å²) in [5, 5.41) is 7.82. The molecule has 0 spiro atoms. The van der Waals surface area contributed by atoms with Crippen LogP contribution in [0.4, 0.5) is 4.39 Å². The lowest BCUT2D eigenvalue weighted by Gasteiger charge is -2.07. The Kier molecular flexibility index (Phi) is 3.46. The Morgan fingerprint density at radius 2 is 2.18 bits per heavy atom. The maximum atomic E-state index is 13.6. The molecule has 1 aromatic heterocycles. The molecule has 0 radical (unpaired) electrons. The number of ether oxygens (including phenoxy) is 1. The van der Waals surface area contributed by atoms with Gasteiger partial charge in [0, 0.05) is 13.7 Å². The number of nitrogens with zero attached hydrogens (tertiary/aromatic N) is 3. The molecule has 0 amide bonds. The smallest absolute Gasteiger partial charge is 0.148 e. The number of halogens is 1. The number of methoxy groups -OCH3 is 1. The van der Waals surface area contributed by atoms with Gasteiger partial charge in [0.25, 0.3) is 0 Å². The van der Waals surface area contributed by atoms with Crippen molar-refractivity contribution in [3.8, 4) is 5.69 Å². The van der Waals surface area contributed by atoms with E-state index in [0.29, 0.717) is 17.1 Å². The van der Waals surface area contributed by atoms with Crippen molar-refractivity contribution >= 4 is 0 Å². The van der Waals surface area contributed by atoms with Crippen LogP contribution in [0.15, 0.2) is 24.3 Å². The molecular weight excluding hydrogens is 223 g/mol. The van der Waals surface area contributed by atoms with Gasteiger partial charge in [-0.25, -0.2) is 9.07 Å². The largest absolute Gasteiger partial charge is 0.378 e. The second-order valence-corrected chi connectivity index (χ2v) is 3.48. The van der Waals surface area contributed by atoms with Gasteiger partial charge in [0.1, 0.15) is 17.2 Å². The van der Waals surface area contributed by atoms with Gasteiger partial charge in [-0.05, 0) is 12.1 Å². The summed E-state index contributed by atoms with van der Waals surface area (Å²) in [6, 6.07) is 6.35. The van der Waals surface area contributed by atoms with Crippen molar-refractivity contribution < 1.29 is 9.13 Å². The molecule has 0 saturated carbocycles. The zero-order valence-corrected chi connectivity index (χ0v) is 9.43. The lowest BCUT2D eigenvalue weighted by atomic mass is 10.2. The molecule has 0 fully saturated rings. The summed E-state index contributed by atoms with van der Waals surface area (Å²) >= 11 is 0. The van der Waals surface area contributed by atoms with Crippen LogP contribution in [0.1, 0.15) is 11.4 Å². The predicted molar refractivity (Wildman–Crippen MR) is 59.9 cm³/mol. The molecule has 0 aliphatic heterocycles. The van der Waals surface area contributed by atoms with Crippen molar-refractivity contribution in [1.29, 1.82) is 0 Å². The van der Waals surface area contributed by atoms with Crippen LogP contribution in [0.5, 0.6) is 0 Å². The van der Waals surface area contributed by atoms with Crippen LogP contribution in [0.3, 0.4) is 0 Å². The average molecular weight is 236 g/mol. The molecule has 0 bridgehead atoms. The first kappa shape index (κ1) is 11.7. The van der Waals surface area contributed by atoms with Crippen molar-refractivity contribution in [3.63, 3.8) is 0 Å². The highest BCUT2D eigenvalue weighted by molar-refractivity contribution is 5.34. The number of nitrogens with two attached hydrogens (primary N) is 1. The number of aromatic nitrogens is 3. The van der Waals surface area contributed by atoms with E-state index in [2.05, 4.69) is 10.3 Å². The number of rotatable bonds is 4. The average Bonchev–Trinajstić information content (AvgIpc) is 2.73. The molecule has 0 saturated heterocycles. The molecule has 1 heterocycles. The monoisotopic (exact) mass is 236 g/mol. The minimum Gasteiger partial charge on any atom is -0.378 e. The third-order valence-corrected chi connectivity index (χ3v) is 2.40. The Bertz CT molecular complexity index is 512. The minimum atomic E-state index is -0.363. The molecular formula is C11H13FN4O. The first-order valence-electron chi connectivity index (χ1n) is 5.15. The molecule has 0 aliphatic rings. The Balaban J connectivity index is 2.52. The van der Waals surface area contributed by atoms with Crippen LogP contribution in [-0.4, -0.2) is 22.1 Å². The van der Waals surface area contributed by atoms with Crippen molar-refractivity contribution in [1.82, 2.24) is 15.0 Å². The van der Waals surface area contributed by atoms with Crippen molar-refractivity contribution in [2.75, 3.05) is 7.11 Å². The summed E-state index contributed by atoms with van der Waals surface area (Å²) in [6.45, 7) is 0.529. The number of benzene rings is 1. The Labute approximate surface area is 98.0 Å². The highest BCUT2D eigenvalue weighted by Crippen LogP contribution is 2.16. The lowest BCUT2D eigenvalue weighted by molar-refractivity contribution is 0.178. The molecule has 17 heavy (non-hydrogen) atoms. The van der Waals surface area contributed by atoms with Gasteiger partial charge in [-0.2, -0.15) is 0 Å². The molecule has 2 N–H and O–H groups in total. The van der Waals surface area contributed by atoms with E-state index in [1.165, 1.54) is 10.7 Å². The first-order chi connectivity index (χ1) is 8.27. The highest BCUT2D eigenvalue weighted by Gasteiger charge is 2.15. The third-order valence-electron chi connectivity index (χ3n) is 2.40. The fraction of sp³-hybridized carbons (Fsp3) is 0.273. The maximum Gasteiger partial charge on any atom is 0.148 e. The van der Waals surface area contributed by atoms with Crippen LogP contribution in [-0.2, 0) is 17.9 Å². The molecule has 0 atom stereocenters. The van der Waals surface area contributed by atoms with E-state index >= 15 is 0 Å². The summed E-state index contributed by atoms with van der Waals surface area (Å²) in [6.07, 6.45) is 0. The molecule has 90 valence electrons. The van der Waals surface area contributed by atoms with Gasteiger partial charge >= 0.3 is 0 Å². The van der Waals surface area contributed by atoms with Crippen LogP contribution in [0, 0.1) is 5.82 Å². The SMILES string of the molecule is COCc1c(CN)nnn1-c1ccccc1F. The standard InChI is InChI=1S/C11H13FN4O/c1-17-7-11-9(6-13)14-15-16(11)10-5-3-2-4-8(10)12/h2-5H,6-7,13H2,1H3. The quantitative estimate of drug-likeness (QED) is 0.860. The molecule has 2 aromatic rings. The van der Waals surface area contributed by atoms with E-state index < -0.39 is 0 Å². The van der Waals surface area contributed by atoms with Gasteiger partial charge in [0.2, 0.25) is 0 Å². The van der Waals surface area contributed by atoms with E-state index in [4.69, 9.17) is 10.5 Å². The third kappa shape index (κ3) is 2.17. The number of hydrogen-bond acceptors (Lipinski definition) is 4. The Morgan fingerprint density at radius 1 is 1.41 bits per heavy atom. The summed E-state index contributed by atoms with van der Waals surface area (Å²) in [5.74, 6) is -0.363. The summed E-state index contributed by atoms with van der Waals surface area (Å²) in [5.41, 5.74) is 7.16. The summed E-state index contributed by atoms with van der Waals surface area (Å²) in [4.78, 5) is 0. The van der Waals surface area contributed by atoms with Gasteiger partial charge in [0.15, 0.2) is 0 Å². The number of para-hydroxylation sites is 1. The maximum absolute atomic E-state index is 13.6. The van der Waals surface area contributed by atoms with Gasteiger partial charge < -0.3 is 10.5 Å². The topological polar surface area (TPSA) is 66.0 Å². The van der Waals surface area contributed by atoms with Gasteiger partial charge in [-0.1, -0.05) is 17.3 Å². The van der Waals surface area contributed by atoms with Crippen LogP contribution >= 0.6 is 0 Å². The zero-order valence-electron chi connectivity index (χ0n) is 9.43. The van der Waals surface area contributed by atoms with Crippen LogP contribution in [0.2, 0.25) is 0 Å². The molecule has 1 aromatic carbocycles. The summed E-state index contributed by atoms with van der Waals surface area (Å²) < 4.78 is 20.1. The number of hydrogen-bond donors (Lipinski definition) is 1.